The molecular weight excluding hydrogens is 402 g/mol. The van der Waals surface area contributed by atoms with Crippen molar-refractivity contribution in [2.24, 2.45) is 19.5 Å². The van der Waals surface area contributed by atoms with E-state index in [-0.39, 0.29) is 12.6 Å². The zero-order chi connectivity index (χ0) is 21.3. The van der Waals surface area contributed by atoms with Crippen molar-refractivity contribution in [2.45, 2.75) is 45.1 Å². The normalized spacial score (nSPS) is 15.9. The molecule has 7 nitrogen and oxygen atoms in total. The fraction of sp³-hybridized carbons (Fsp3) is 0.455. The van der Waals surface area contributed by atoms with Gasteiger partial charge in [0.1, 0.15) is 6.61 Å². The van der Waals surface area contributed by atoms with Crippen LogP contribution in [-0.2, 0) is 36.7 Å². The van der Waals surface area contributed by atoms with Crippen LogP contribution in [-0.4, -0.2) is 20.1 Å². The predicted molar refractivity (Wildman–Crippen MR) is 116 cm³/mol. The van der Waals surface area contributed by atoms with Crippen molar-refractivity contribution in [3.05, 3.63) is 61.9 Å². The number of fused-ring (bicyclic) bond motifs is 1. The molecule has 1 aliphatic rings. The standard InChI is InChI=1S/C22H25N3O4S/c1-24-15(12-19(26)25(2)21(24)28)14-29-20(27)22(10-6-3-7-11-22)13-18-23-16-8-4-5-9-17(16)30-18/h4-5,8-9,12H,3,6-7,10-11,13-14H2,1-2H3. The first-order valence-electron chi connectivity index (χ1n) is 10.2. The van der Waals surface area contributed by atoms with Crippen molar-refractivity contribution in [1.82, 2.24) is 14.1 Å². The third kappa shape index (κ3) is 3.84. The predicted octanol–water partition coefficient (Wildman–Crippen LogP) is 2.93. The summed E-state index contributed by atoms with van der Waals surface area (Å²) < 4.78 is 9.16. The van der Waals surface area contributed by atoms with Gasteiger partial charge in [0, 0.05) is 26.6 Å². The molecule has 2 heterocycles. The summed E-state index contributed by atoms with van der Waals surface area (Å²) in [6, 6.07) is 9.32. The Morgan fingerprint density at radius 2 is 1.87 bits per heavy atom. The summed E-state index contributed by atoms with van der Waals surface area (Å²) in [6.07, 6.45) is 5.14. The highest BCUT2D eigenvalue weighted by molar-refractivity contribution is 7.18. The summed E-state index contributed by atoms with van der Waals surface area (Å²) >= 11 is 1.62. The molecule has 0 aliphatic heterocycles. The first kappa shape index (κ1) is 20.5. The number of benzene rings is 1. The molecule has 4 rings (SSSR count). The molecule has 0 atom stereocenters. The van der Waals surface area contributed by atoms with Gasteiger partial charge in [0.2, 0.25) is 0 Å². The summed E-state index contributed by atoms with van der Waals surface area (Å²) in [5, 5.41) is 0.941. The molecule has 0 spiro atoms. The van der Waals surface area contributed by atoms with Crippen molar-refractivity contribution < 1.29 is 9.53 Å². The molecule has 1 fully saturated rings. The van der Waals surface area contributed by atoms with Gasteiger partial charge in [-0.15, -0.1) is 11.3 Å². The molecule has 0 saturated heterocycles. The number of hydrogen-bond donors (Lipinski definition) is 0. The molecular formula is C22H25N3O4S. The Labute approximate surface area is 177 Å². The van der Waals surface area contributed by atoms with Gasteiger partial charge >= 0.3 is 11.7 Å². The zero-order valence-corrected chi connectivity index (χ0v) is 18.0. The summed E-state index contributed by atoms with van der Waals surface area (Å²) in [5.41, 5.74) is -0.110. The van der Waals surface area contributed by atoms with E-state index in [1.807, 2.05) is 24.3 Å². The van der Waals surface area contributed by atoms with Crippen LogP contribution in [0.15, 0.2) is 39.9 Å². The number of thiazole rings is 1. The maximum atomic E-state index is 13.2. The molecule has 0 N–H and O–H groups in total. The fourth-order valence-corrected chi connectivity index (χ4v) is 5.29. The second-order valence-corrected chi connectivity index (χ2v) is 9.16. The second kappa shape index (κ2) is 8.18. The largest absolute Gasteiger partial charge is 0.459 e. The molecule has 158 valence electrons. The zero-order valence-electron chi connectivity index (χ0n) is 17.2. The number of esters is 1. The highest BCUT2D eigenvalue weighted by atomic mass is 32.1. The second-order valence-electron chi connectivity index (χ2n) is 8.04. The topological polar surface area (TPSA) is 83.2 Å². The van der Waals surface area contributed by atoms with Gasteiger partial charge in [0.25, 0.3) is 5.56 Å². The molecule has 3 aromatic rings. The van der Waals surface area contributed by atoms with Gasteiger partial charge in [-0.1, -0.05) is 31.4 Å². The summed E-state index contributed by atoms with van der Waals surface area (Å²) in [5.74, 6) is -0.269. The Balaban J connectivity index is 1.57. The van der Waals surface area contributed by atoms with Gasteiger partial charge in [-0.2, -0.15) is 0 Å². The Morgan fingerprint density at radius 3 is 2.60 bits per heavy atom. The lowest BCUT2D eigenvalue weighted by Gasteiger charge is -2.34. The lowest BCUT2D eigenvalue weighted by atomic mass is 9.72. The summed E-state index contributed by atoms with van der Waals surface area (Å²) in [6.45, 7) is -0.0950. The minimum atomic E-state index is -0.606. The van der Waals surface area contributed by atoms with Crippen molar-refractivity contribution in [3.8, 4) is 0 Å². The van der Waals surface area contributed by atoms with Crippen LogP contribution in [0.25, 0.3) is 10.2 Å². The number of para-hydroxylation sites is 1. The Bertz CT molecular complexity index is 1170. The van der Waals surface area contributed by atoms with Crippen LogP contribution in [0.2, 0.25) is 0 Å². The molecule has 0 radical (unpaired) electrons. The smallest absolute Gasteiger partial charge is 0.330 e. The third-order valence-corrected chi connectivity index (χ3v) is 7.08. The van der Waals surface area contributed by atoms with Crippen LogP contribution >= 0.6 is 11.3 Å². The van der Waals surface area contributed by atoms with Gasteiger partial charge in [0.15, 0.2) is 0 Å². The molecule has 1 aliphatic carbocycles. The average molecular weight is 428 g/mol. The molecule has 0 bridgehead atoms. The lowest BCUT2D eigenvalue weighted by Crippen LogP contribution is -2.39. The van der Waals surface area contributed by atoms with E-state index in [9.17, 15) is 14.4 Å². The van der Waals surface area contributed by atoms with E-state index in [0.717, 1.165) is 51.9 Å². The number of hydrogen-bond acceptors (Lipinski definition) is 6. The summed E-state index contributed by atoms with van der Waals surface area (Å²) in [4.78, 5) is 42.0. The van der Waals surface area contributed by atoms with E-state index in [0.29, 0.717) is 12.1 Å². The Hall–Kier alpha value is -2.74. The van der Waals surface area contributed by atoms with Crippen molar-refractivity contribution in [3.63, 3.8) is 0 Å². The van der Waals surface area contributed by atoms with Crippen molar-refractivity contribution in [2.75, 3.05) is 0 Å². The van der Waals surface area contributed by atoms with Gasteiger partial charge in [-0.05, 0) is 25.0 Å². The van der Waals surface area contributed by atoms with Gasteiger partial charge in [-0.3, -0.25) is 18.7 Å². The van der Waals surface area contributed by atoms with E-state index >= 15 is 0 Å². The van der Waals surface area contributed by atoms with E-state index in [2.05, 4.69) is 0 Å². The van der Waals surface area contributed by atoms with Crippen LogP contribution in [0.1, 0.15) is 42.8 Å². The highest BCUT2D eigenvalue weighted by Crippen LogP contribution is 2.41. The molecule has 2 aromatic heterocycles. The van der Waals surface area contributed by atoms with Gasteiger partial charge in [0.05, 0.1) is 26.3 Å². The lowest BCUT2D eigenvalue weighted by molar-refractivity contribution is -0.159. The molecule has 8 heteroatoms. The van der Waals surface area contributed by atoms with Crippen LogP contribution in [0, 0.1) is 5.41 Å². The monoisotopic (exact) mass is 427 g/mol. The number of carbonyl (C=O) groups excluding carboxylic acids is 1. The number of nitrogens with zero attached hydrogens (tertiary/aromatic N) is 3. The molecule has 30 heavy (non-hydrogen) atoms. The van der Waals surface area contributed by atoms with Crippen LogP contribution in [0.3, 0.4) is 0 Å². The van der Waals surface area contributed by atoms with E-state index in [4.69, 9.17) is 9.72 Å². The third-order valence-electron chi connectivity index (χ3n) is 6.05. The summed E-state index contributed by atoms with van der Waals surface area (Å²) in [7, 11) is 3.00. The van der Waals surface area contributed by atoms with Crippen LogP contribution in [0.5, 0.6) is 0 Å². The van der Waals surface area contributed by atoms with Crippen LogP contribution < -0.4 is 11.2 Å². The van der Waals surface area contributed by atoms with Crippen molar-refractivity contribution in [1.29, 1.82) is 0 Å². The Kier molecular flexibility index (Phi) is 5.60. The maximum Gasteiger partial charge on any atom is 0.330 e. The van der Waals surface area contributed by atoms with Crippen molar-refractivity contribution >= 4 is 27.5 Å². The Morgan fingerprint density at radius 1 is 1.13 bits per heavy atom. The van der Waals surface area contributed by atoms with E-state index < -0.39 is 16.7 Å². The number of ether oxygens (including phenoxy) is 1. The molecule has 0 unspecified atom stereocenters. The van der Waals surface area contributed by atoms with Crippen LogP contribution in [0.4, 0.5) is 0 Å². The van der Waals surface area contributed by atoms with E-state index in [1.54, 1.807) is 18.4 Å². The quantitative estimate of drug-likeness (QED) is 0.585. The molecule has 1 aromatic carbocycles. The van der Waals surface area contributed by atoms with Gasteiger partial charge in [-0.25, -0.2) is 9.78 Å². The van der Waals surface area contributed by atoms with E-state index in [1.165, 1.54) is 17.7 Å². The average Bonchev–Trinajstić information content (AvgIpc) is 3.16. The first-order valence-corrected chi connectivity index (χ1v) is 11.0. The molecule has 1 saturated carbocycles. The fourth-order valence-electron chi connectivity index (χ4n) is 4.18. The van der Waals surface area contributed by atoms with Gasteiger partial charge < -0.3 is 4.74 Å². The minimum Gasteiger partial charge on any atom is -0.459 e. The maximum absolute atomic E-state index is 13.2. The number of rotatable bonds is 5. The first-order chi connectivity index (χ1) is 14.4. The SMILES string of the molecule is Cn1c(COC(=O)C2(Cc3nc4ccccc4s3)CCCCC2)cc(=O)n(C)c1=O. The highest BCUT2D eigenvalue weighted by Gasteiger charge is 2.42. The number of carbonyl (C=O) groups is 1. The number of aromatic nitrogens is 3. The minimum absolute atomic E-state index is 0.0950. The molecule has 0 amide bonds.